The second kappa shape index (κ2) is 10.3. The van der Waals surface area contributed by atoms with Crippen LogP contribution in [0.25, 0.3) is 0 Å². The van der Waals surface area contributed by atoms with Crippen LogP contribution in [-0.4, -0.2) is 38.0 Å². The molecule has 1 atom stereocenters. The number of carbonyl (C=O) groups excluding carboxylic acids is 1. The van der Waals surface area contributed by atoms with Crippen molar-refractivity contribution in [3.8, 4) is 0 Å². The van der Waals surface area contributed by atoms with Gasteiger partial charge in [-0.2, -0.15) is 0 Å². The van der Waals surface area contributed by atoms with Crippen LogP contribution in [0.1, 0.15) is 29.2 Å². The maximum absolute atomic E-state index is 13.5. The molecule has 1 aromatic carbocycles. The maximum Gasteiger partial charge on any atom is 0.284 e. The van der Waals surface area contributed by atoms with Gasteiger partial charge >= 0.3 is 0 Å². The molecule has 1 amide bonds. The molecule has 2 aromatic rings. The first kappa shape index (κ1) is 22.0. The molecular weight excluding hydrogens is 476 g/mol. The Morgan fingerprint density at radius 2 is 2.21 bits per heavy atom. The van der Waals surface area contributed by atoms with Gasteiger partial charge in [-0.15, -0.1) is 24.0 Å². The number of nitrogens with two attached hydrogens (primary N) is 1. The number of anilines is 1. The van der Waals surface area contributed by atoms with E-state index in [-0.39, 0.29) is 41.6 Å². The quantitative estimate of drug-likeness (QED) is 0.333. The zero-order valence-electron chi connectivity index (χ0n) is 15.7. The van der Waals surface area contributed by atoms with Crippen LogP contribution in [0.3, 0.4) is 0 Å². The number of nitrogens with zero attached hydrogens (tertiary/aromatic N) is 2. The Labute approximate surface area is 180 Å². The van der Waals surface area contributed by atoms with Crippen LogP contribution < -0.4 is 21.3 Å². The summed E-state index contributed by atoms with van der Waals surface area (Å²) < 4.78 is 18.8. The van der Waals surface area contributed by atoms with Crippen molar-refractivity contribution < 1.29 is 13.6 Å². The number of carbonyl (C=O) groups is 1. The highest BCUT2D eigenvalue weighted by molar-refractivity contribution is 14.0. The van der Waals surface area contributed by atoms with Gasteiger partial charge in [-0.25, -0.2) is 4.39 Å². The lowest BCUT2D eigenvalue weighted by Gasteiger charge is -2.35. The molecule has 1 fully saturated rings. The number of guanidine groups is 1. The number of primary amides is 1. The third kappa shape index (κ3) is 5.85. The van der Waals surface area contributed by atoms with Crippen molar-refractivity contribution in [1.29, 1.82) is 0 Å². The second-order valence-corrected chi connectivity index (χ2v) is 6.47. The Morgan fingerprint density at radius 1 is 1.39 bits per heavy atom. The number of benzene rings is 1. The molecule has 1 saturated heterocycles. The number of nitrogens with one attached hydrogen (secondary N) is 2. The molecule has 1 aromatic heterocycles. The Balaban J connectivity index is 0.00000280. The molecule has 9 heteroatoms. The fourth-order valence-corrected chi connectivity index (χ4v) is 3.17. The minimum absolute atomic E-state index is 0. The Bertz CT molecular complexity index is 826. The van der Waals surface area contributed by atoms with Gasteiger partial charge < -0.3 is 25.7 Å². The van der Waals surface area contributed by atoms with E-state index < -0.39 is 5.91 Å². The van der Waals surface area contributed by atoms with E-state index in [0.29, 0.717) is 18.3 Å². The lowest BCUT2D eigenvalue weighted by molar-refractivity contribution is 0.0972. The zero-order chi connectivity index (χ0) is 19.2. The minimum atomic E-state index is -0.594. The Morgan fingerprint density at radius 3 is 2.89 bits per heavy atom. The number of piperidine rings is 1. The molecule has 0 spiro atoms. The summed E-state index contributed by atoms with van der Waals surface area (Å²) in [6.45, 7) is 2.04. The van der Waals surface area contributed by atoms with E-state index in [2.05, 4.69) is 20.5 Å². The van der Waals surface area contributed by atoms with Crippen molar-refractivity contribution in [2.24, 2.45) is 10.7 Å². The minimum Gasteiger partial charge on any atom is -0.454 e. The van der Waals surface area contributed by atoms with Crippen LogP contribution in [0, 0.1) is 5.82 Å². The molecule has 4 N–H and O–H groups in total. The van der Waals surface area contributed by atoms with Crippen LogP contribution in [-0.2, 0) is 6.54 Å². The van der Waals surface area contributed by atoms with Gasteiger partial charge in [0, 0.05) is 31.9 Å². The molecule has 3 rings (SSSR count). The van der Waals surface area contributed by atoms with Crippen molar-refractivity contribution >= 4 is 41.5 Å². The van der Waals surface area contributed by atoms with E-state index in [1.165, 1.54) is 6.07 Å². The standard InChI is InChI=1S/C19H24FN5O2.HI/c1-22-19(23-11-16-7-8-17(27-16)18(21)26)24-14-5-3-9-25(12-14)15-6-2-4-13(20)10-15;/h2,4,6-8,10,14H,3,5,9,11-12H2,1H3,(H2,21,26)(H2,22,23,24);1H. The first-order valence-electron chi connectivity index (χ1n) is 8.91. The smallest absolute Gasteiger partial charge is 0.284 e. The molecule has 152 valence electrons. The Kier molecular flexibility index (Phi) is 8.09. The first-order chi connectivity index (χ1) is 13.0. The molecule has 0 aliphatic carbocycles. The molecule has 0 radical (unpaired) electrons. The highest BCUT2D eigenvalue weighted by atomic mass is 127. The van der Waals surface area contributed by atoms with E-state index in [1.54, 1.807) is 31.3 Å². The van der Waals surface area contributed by atoms with E-state index in [9.17, 15) is 9.18 Å². The molecule has 0 bridgehead atoms. The third-order valence-electron chi connectivity index (χ3n) is 4.49. The lowest BCUT2D eigenvalue weighted by Crippen LogP contribution is -2.51. The van der Waals surface area contributed by atoms with E-state index >= 15 is 0 Å². The number of rotatable bonds is 5. The number of aliphatic imine (C=N–C) groups is 1. The zero-order valence-corrected chi connectivity index (χ0v) is 18.0. The summed E-state index contributed by atoms with van der Waals surface area (Å²) in [6.07, 6.45) is 2.00. The second-order valence-electron chi connectivity index (χ2n) is 6.47. The van der Waals surface area contributed by atoms with Crippen molar-refractivity contribution in [2.45, 2.75) is 25.4 Å². The average molecular weight is 501 g/mol. The van der Waals surface area contributed by atoms with Crippen molar-refractivity contribution in [3.63, 3.8) is 0 Å². The highest BCUT2D eigenvalue weighted by Gasteiger charge is 2.21. The predicted molar refractivity (Wildman–Crippen MR) is 118 cm³/mol. The molecule has 0 saturated carbocycles. The first-order valence-corrected chi connectivity index (χ1v) is 8.91. The predicted octanol–water partition coefficient (Wildman–Crippen LogP) is 2.47. The summed E-state index contributed by atoms with van der Waals surface area (Å²) >= 11 is 0. The average Bonchev–Trinajstić information content (AvgIpc) is 3.15. The van der Waals surface area contributed by atoms with Crippen LogP contribution in [0.2, 0.25) is 0 Å². The van der Waals surface area contributed by atoms with Gasteiger partial charge in [-0.05, 0) is 43.2 Å². The molecule has 1 unspecified atom stereocenters. The number of amides is 1. The van der Waals surface area contributed by atoms with Crippen molar-refractivity contribution in [1.82, 2.24) is 10.6 Å². The summed E-state index contributed by atoms with van der Waals surface area (Å²) in [5, 5.41) is 6.55. The van der Waals surface area contributed by atoms with Gasteiger partial charge in [0.05, 0.1) is 6.54 Å². The van der Waals surface area contributed by atoms with Crippen LogP contribution in [0.5, 0.6) is 0 Å². The molecule has 1 aliphatic heterocycles. The van der Waals surface area contributed by atoms with Crippen molar-refractivity contribution in [3.05, 3.63) is 53.7 Å². The fourth-order valence-electron chi connectivity index (χ4n) is 3.17. The topological polar surface area (TPSA) is 95.9 Å². The van der Waals surface area contributed by atoms with Crippen LogP contribution in [0.4, 0.5) is 10.1 Å². The molecule has 28 heavy (non-hydrogen) atoms. The summed E-state index contributed by atoms with van der Waals surface area (Å²) in [5.74, 6) is 0.542. The lowest BCUT2D eigenvalue weighted by atomic mass is 10.0. The highest BCUT2D eigenvalue weighted by Crippen LogP contribution is 2.20. The van der Waals surface area contributed by atoms with Crippen LogP contribution >= 0.6 is 24.0 Å². The monoisotopic (exact) mass is 501 g/mol. The van der Waals surface area contributed by atoms with Gasteiger partial charge in [0.2, 0.25) is 0 Å². The maximum atomic E-state index is 13.5. The summed E-state index contributed by atoms with van der Waals surface area (Å²) in [4.78, 5) is 17.5. The number of hydrogen-bond donors (Lipinski definition) is 3. The molecule has 7 nitrogen and oxygen atoms in total. The van der Waals surface area contributed by atoms with E-state index in [0.717, 1.165) is 31.6 Å². The summed E-state index contributed by atoms with van der Waals surface area (Å²) in [7, 11) is 1.69. The summed E-state index contributed by atoms with van der Waals surface area (Å²) in [5.41, 5.74) is 6.07. The number of halogens is 2. The molecule has 1 aliphatic rings. The number of hydrogen-bond acceptors (Lipinski definition) is 4. The fraction of sp³-hybridized carbons (Fsp3) is 0.368. The normalized spacial score (nSPS) is 17.0. The molecule has 2 heterocycles. The van der Waals surface area contributed by atoms with E-state index in [4.69, 9.17) is 10.2 Å². The number of furan rings is 1. The van der Waals surface area contributed by atoms with Crippen LogP contribution in [0.15, 0.2) is 45.8 Å². The molecular formula is C19H25FIN5O2. The third-order valence-corrected chi connectivity index (χ3v) is 4.49. The van der Waals surface area contributed by atoms with Gasteiger partial charge in [0.1, 0.15) is 11.6 Å². The van der Waals surface area contributed by atoms with Gasteiger partial charge in [0.25, 0.3) is 5.91 Å². The largest absolute Gasteiger partial charge is 0.454 e. The van der Waals surface area contributed by atoms with Gasteiger partial charge in [-0.3, -0.25) is 9.79 Å². The van der Waals surface area contributed by atoms with Gasteiger partial charge in [0.15, 0.2) is 11.7 Å². The Hall–Kier alpha value is -2.30. The summed E-state index contributed by atoms with van der Waals surface area (Å²) in [6, 6.07) is 10.1. The SMILES string of the molecule is CN=C(NCc1ccc(C(N)=O)o1)NC1CCCN(c2cccc(F)c2)C1.I. The van der Waals surface area contributed by atoms with Crippen molar-refractivity contribution in [2.75, 3.05) is 25.0 Å². The van der Waals surface area contributed by atoms with E-state index in [1.807, 2.05) is 6.07 Å². The van der Waals surface area contributed by atoms with Gasteiger partial charge in [-0.1, -0.05) is 6.07 Å².